The van der Waals surface area contributed by atoms with E-state index in [2.05, 4.69) is 5.32 Å². The van der Waals surface area contributed by atoms with Crippen LogP contribution in [0.1, 0.15) is 17.3 Å². The molecule has 0 atom stereocenters. The van der Waals surface area contributed by atoms with Crippen LogP contribution in [0.5, 0.6) is 0 Å². The van der Waals surface area contributed by atoms with Crippen molar-refractivity contribution in [1.29, 1.82) is 0 Å². The first kappa shape index (κ1) is 22.3. The van der Waals surface area contributed by atoms with Gasteiger partial charge in [-0.1, -0.05) is 19.1 Å². The first-order valence-electron chi connectivity index (χ1n) is 9.17. The lowest BCUT2D eigenvalue weighted by atomic mass is 10.2. The normalized spacial score (nSPS) is 15.7. The van der Waals surface area contributed by atoms with E-state index in [1.807, 2.05) is 0 Å². The van der Waals surface area contributed by atoms with Crippen LogP contribution >= 0.6 is 0 Å². The molecule has 1 N–H and O–H groups in total. The smallest absolute Gasteiger partial charge is 0.255 e. The van der Waals surface area contributed by atoms with Crippen molar-refractivity contribution in [3.05, 3.63) is 53.8 Å². The van der Waals surface area contributed by atoms with Gasteiger partial charge in [-0.25, -0.2) is 21.2 Å². The molecule has 0 spiro atoms. The van der Waals surface area contributed by atoms with Crippen molar-refractivity contribution in [3.8, 4) is 0 Å². The number of hydrogen-bond donors (Lipinski definition) is 1. The molecule has 2 aromatic rings. The van der Waals surface area contributed by atoms with E-state index < -0.39 is 36.5 Å². The van der Waals surface area contributed by atoms with E-state index in [0.29, 0.717) is 0 Å². The molecule has 0 radical (unpaired) electrons. The number of hydrogen-bond acceptors (Lipinski definition) is 6. The lowest BCUT2D eigenvalue weighted by Gasteiger charge is -2.26. The zero-order valence-electron chi connectivity index (χ0n) is 16.2. The summed E-state index contributed by atoms with van der Waals surface area (Å²) in [6.07, 6.45) is 0. The summed E-state index contributed by atoms with van der Waals surface area (Å²) < 4.78 is 70.6. The van der Waals surface area contributed by atoms with E-state index in [0.717, 1.165) is 22.5 Å². The molecule has 1 saturated heterocycles. The van der Waals surface area contributed by atoms with Crippen molar-refractivity contribution >= 4 is 31.5 Å². The molecular formula is C19H21FN2O6S2. The number of halogens is 1. The van der Waals surface area contributed by atoms with E-state index in [9.17, 15) is 26.0 Å². The largest absolute Gasteiger partial charge is 0.379 e. The van der Waals surface area contributed by atoms with E-state index in [-0.39, 0.29) is 48.2 Å². The van der Waals surface area contributed by atoms with Gasteiger partial charge >= 0.3 is 0 Å². The van der Waals surface area contributed by atoms with Gasteiger partial charge in [0.2, 0.25) is 10.0 Å². The Kier molecular flexibility index (Phi) is 6.56. The molecule has 1 fully saturated rings. The molecule has 0 aliphatic carbocycles. The molecule has 0 unspecified atom stereocenters. The van der Waals surface area contributed by atoms with Crippen molar-refractivity contribution in [2.75, 3.05) is 37.4 Å². The predicted molar refractivity (Wildman–Crippen MR) is 108 cm³/mol. The van der Waals surface area contributed by atoms with Crippen LogP contribution in [0.4, 0.5) is 10.1 Å². The van der Waals surface area contributed by atoms with Crippen LogP contribution < -0.4 is 5.32 Å². The molecule has 1 heterocycles. The molecule has 1 amide bonds. The number of carbonyl (C=O) groups excluding carboxylic acids is 1. The molecule has 1 aliphatic heterocycles. The Morgan fingerprint density at radius 2 is 1.73 bits per heavy atom. The Balaban J connectivity index is 1.93. The van der Waals surface area contributed by atoms with Crippen molar-refractivity contribution < 1.29 is 30.8 Å². The van der Waals surface area contributed by atoms with Crippen LogP contribution in [0.25, 0.3) is 0 Å². The molecular weight excluding hydrogens is 435 g/mol. The zero-order valence-corrected chi connectivity index (χ0v) is 17.8. The average molecular weight is 457 g/mol. The maximum atomic E-state index is 14.3. The summed E-state index contributed by atoms with van der Waals surface area (Å²) in [7, 11) is -7.75. The average Bonchev–Trinajstić information content (AvgIpc) is 2.74. The van der Waals surface area contributed by atoms with E-state index >= 15 is 0 Å². The van der Waals surface area contributed by atoms with Gasteiger partial charge in [0.05, 0.1) is 29.5 Å². The molecule has 30 heavy (non-hydrogen) atoms. The number of ether oxygens (including phenoxy) is 1. The first-order chi connectivity index (χ1) is 14.2. The topological polar surface area (TPSA) is 110 Å². The number of anilines is 1. The monoisotopic (exact) mass is 456 g/mol. The number of para-hydroxylation sites is 1. The van der Waals surface area contributed by atoms with Gasteiger partial charge in [-0.05, 0) is 30.3 Å². The standard InChI is InChI=1S/C19H21FN2O6S2/c1-2-29(24,25)17-6-4-3-5-16(17)21-19(23)14-7-8-15(20)18(13-14)30(26,27)22-9-11-28-12-10-22/h3-8,13H,2,9-12H2,1H3,(H,21,23). The SMILES string of the molecule is CCS(=O)(=O)c1ccccc1NC(=O)c1ccc(F)c(S(=O)(=O)N2CCOCC2)c1. The lowest BCUT2D eigenvalue weighted by Crippen LogP contribution is -2.41. The van der Waals surface area contributed by atoms with Crippen LogP contribution in [0, 0.1) is 5.82 Å². The summed E-state index contributed by atoms with van der Waals surface area (Å²) in [5.74, 6) is -1.89. The Labute approximate surface area is 174 Å². The van der Waals surface area contributed by atoms with Gasteiger partial charge < -0.3 is 10.1 Å². The minimum absolute atomic E-state index is 0.0517. The number of sulfone groups is 1. The van der Waals surface area contributed by atoms with Crippen molar-refractivity contribution in [2.45, 2.75) is 16.7 Å². The summed E-state index contributed by atoms with van der Waals surface area (Å²) in [5.41, 5.74) is -0.0572. The number of morpholine rings is 1. The van der Waals surface area contributed by atoms with Crippen LogP contribution in [0.15, 0.2) is 52.3 Å². The molecule has 162 valence electrons. The third kappa shape index (κ3) is 4.53. The molecule has 0 aromatic heterocycles. The number of nitrogens with zero attached hydrogens (tertiary/aromatic N) is 1. The predicted octanol–water partition coefficient (Wildman–Crippen LogP) is 1.89. The maximum absolute atomic E-state index is 14.3. The van der Waals surface area contributed by atoms with Gasteiger partial charge in [0.1, 0.15) is 10.7 Å². The Bertz CT molecular complexity index is 1160. The van der Waals surface area contributed by atoms with Crippen molar-refractivity contribution in [1.82, 2.24) is 4.31 Å². The molecule has 8 nitrogen and oxygen atoms in total. The van der Waals surface area contributed by atoms with Gasteiger partial charge in [0.15, 0.2) is 9.84 Å². The van der Waals surface area contributed by atoms with Gasteiger partial charge in [-0.2, -0.15) is 4.31 Å². The highest BCUT2D eigenvalue weighted by molar-refractivity contribution is 7.91. The summed E-state index contributed by atoms with van der Waals surface area (Å²) in [6, 6.07) is 8.87. The quantitative estimate of drug-likeness (QED) is 0.711. The highest BCUT2D eigenvalue weighted by Gasteiger charge is 2.30. The summed E-state index contributed by atoms with van der Waals surface area (Å²) in [4.78, 5) is 12.0. The molecule has 1 aliphatic rings. The highest BCUT2D eigenvalue weighted by atomic mass is 32.2. The van der Waals surface area contributed by atoms with Crippen molar-refractivity contribution in [3.63, 3.8) is 0 Å². The lowest BCUT2D eigenvalue weighted by molar-refractivity contribution is 0.0729. The van der Waals surface area contributed by atoms with E-state index in [4.69, 9.17) is 4.74 Å². The molecule has 0 bridgehead atoms. The van der Waals surface area contributed by atoms with Gasteiger partial charge in [-0.3, -0.25) is 4.79 Å². The van der Waals surface area contributed by atoms with Crippen LogP contribution in [0.2, 0.25) is 0 Å². The Hall–Kier alpha value is -2.34. The number of sulfonamides is 1. The number of amides is 1. The summed E-state index contributed by atoms with van der Waals surface area (Å²) >= 11 is 0. The second kappa shape index (κ2) is 8.80. The van der Waals surface area contributed by atoms with E-state index in [1.54, 1.807) is 6.07 Å². The Morgan fingerprint density at radius 3 is 2.40 bits per heavy atom. The molecule has 2 aromatic carbocycles. The Morgan fingerprint density at radius 1 is 1.07 bits per heavy atom. The van der Waals surface area contributed by atoms with Gasteiger partial charge in [0, 0.05) is 18.7 Å². The fourth-order valence-corrected chi connectivity index (χ4v) is 5.51. The fourth-order valence-electron chi connectivity index (χ4n) is 2.96. The number of benzene rings is 2. The molecule has 0 saturated carbocycles. The van der Waals surface area contributed by atoms with Crippen LogP contribution in [-0.2, 0) is 24.6 Å². The van der Waals surface area contributed by atoms with Crippen LogP contribution in [-0.4, -0.2) is 59.1 Å². The van der Waals surface area contributed by atoms with Crippen molar-refractivity contribution in [2.24, 2.45) is 0 Å². The summed E-state index contributed by atoms with van der Waals surface area (Å²) in [6.45, 7) is 2.05. The maximum Gasteiger partial charge on any atom is 0.255 e. The van der Waals surface area contributed by atoms with Gasteiger partial charge in [0.25, 0.3) is 5.91 Å². The van der Waals surface area contributed by atoms with Crippen LogP contribution in [0.3, 0.4) is 0 Å². The molecule has 11 heteroatoms. The third-order valence-electron chi connectivity index (χ3n) is 4.63. The minimum atomic E-state index is -4.15. The third-order valence-corrected chi connectivity index (χ3v) is 8.33. The summed E-state index contributed by atoms with van der Waals surface area (Å²) in [5, 5.41) is 2.48. The first-order valence-corrected chi connectivity index (χ1v) is 12.3. The number of rotatable bonds is 6. The second-order valence-corrected chi connectivity index (χ2v) is 10.7. The van der Waals surface area contributed by atoms with Gasteiger partial charge in [-0.15, -0.1) is 0 Å². The second-order valence-electron chi connectivity index (χ2n) is 6.52. The molecule has 3 rings (SSSR count). The van der Waals surface area contributed by atoms with E-state index in [1.165, 1.54) is 25.1 Å². The zero-order chi connectivity index (χ0) is 21.9. The number of carbonyl (C=O) groups is 1. The minimum Gasteiger partial charge on any atom is -0.379 e. The number of nitrogens with one attached hydrogen (secondary N) is 1. The highest BCUT2D eigenvalue weighted by Crippen LogP contribution is 2.25. The fraction of sp³-hybridized carbons (Fsp3) is 0.316.